The van der Waals surface area contributed by atoms with Gasteiger partial charge in [-0.15, -0.1) is 11.3 Å². The highest BCUT2D eigenvalue weighted by Gasteiger charge is 2.31. The Morgan fingerprint density at radius 3 is 2.50 bits per heavy atom. The fraction of sp³-hybridized carbons (Fsp3) is 0.100. The largest absolute Gasteiger partial charge is 0.417 e. The van der Waals surface area contributed by atoms with Crippen molar-refractivity contribution in [2.75, 3.05) is 4.72 Å². The quantitative estimate of drug-likeness (QED) is 0.926. The number of thiophene rings is 1. The van der Waals surface area contributed by atoms with Crippen LogP contribution < -0.4 is 4.72 Å². The van der Waals surface area contributed by atoms with Crippen LogP contribution in [0.2, 0.25) is 4.34 Å². The van der Waals surface area contributed by atoms with Gasteiger partial charge in [0.05, 0.1) is 21.8 Å². The molecule has 0 saturated carbocycles. The molecule has 0 unspecified atom stereocenters. The summed E-state index contributed by atoms with van der Waals surface area (Å²) < 4.78 is 63.5. The van der Waals surface area contributed by atoms with E-state index in [0.29, 0.717) is 12.3 Å². The maximum Gasteiger partial charge on any atom is 0.417 e. The topological polar surface area (TPSA) is 59.1 Å². The number of pyridine rings is 1. The summed E-state index contributed by atoms with van der Waals surface area (Å²) in [6.07, 6.45) is -3.00. The normalized spacial score (nSPS) is 12.4. The first-order valence-electron chi connectivity index (χ1n) is 4.99. The maximum atomic E-state index is 12.5. The van der Waals surface area contributed by atoms with Gasteiger partial charge < -0.3 is 0 Å². The van der Waals surface area contributed by atoms with Crippen LogP contribution in [-0.4, -0.2) is 13.4 Å². The van der Waals surface area contributed by atoms with Gasteiger partial charge in [-0.1, -0.05) is 11.6 Å². The molecule has 2 aromatic heterocycles. The van der Waals surface area contributed by atoms with E-state index in [0.717, 1.165) is 17.5 Å². The summed E-state index contributed by atoms with van der Waals surface area (Å²) in [5.41, 5.74) is -1.31. The van der Waals surface area contributed by atoms with Crippen LogP contribution in [0.25, 0.3) is 0 Å². The smallest absolute Gasteiger partial charge is 0.277 e. The van der Waals surface area contributed by atoms with Gasteiger partial charge in [0.25, 0.3) is 10.0 Å². The maximum absolute atomic E-state index is 12.5. The van der Waals surface area contributed by atoms with Crippen LogP contribution in [0, 0.1) is 0 Å². The zero-order valence-electron chi connectivity index (χ0n) is 9.48. The average Bonchev–Trinajstić information content (AvgIpc) is 2.75. The summed E-state index contributed by atoms with van der Waals surface area (Å²) in [4.78, 5) is 3.36. The fourth-order valence-electron chi connectivity index (χ4n) is 1.30. The summed E-state index contributed by atoms with van der Waals surface area (Å²) >= 11 is 6.42. The Labute approximate surface area is 121 Å². The lowest BCUT2D eigenvalue weighted by atomic mass is 10.2. The van der Waals surface area contributed by atoms with Gasteiger partial charge in [0.2, 0.25) is 0 Å². The standard InChI is InChI=1S/C10H6ClF3N2O2S2/c11-8-1-2-9(19-8)20(17,18)16-7-3-6(4-15-5-7)10(12,13)14/h1-5,16H. The minimum absolute atomic E-state index is 0.0973. The molecular formula is C10H6ClF3N2O2S2. The van der Waals surface area contributed by atoms with Crippen LogP contribution in [0.4, 0.5) is 18.9 Å². The molecule has 1 N–H and O–H groups in total. The molecule has 0 aliphatic carbocycles. The summed E-state index contributed by atoms with van der Waals surface area (Å²) in [6.45, 7) is 0. The molecule has 2 rings (SSSR count). The van der Waals surface area contributed by atoms with Crippen molar-refractivity contribution in [1.29, 1.82) is 0 Å². The van der Waals surface area contributed by atoms with Crippen molar-refractivity contribution in [2.24, 2.45) is 0 Å². The molecule has 10 heteroatoms. The molecule has 0 bridgehead atoms. The first kappa shape index (κ1) is 15.1. The molecule has 0 aliphatic rings. The van der Waals surface area contributed by atoms with Crippen LogP contribution in [0.1, 0.15) is 5.56 Å². The van der Waals surface area contributed by atoms with E-state index in [-0.39, 0.29) is 14.2 Å². The number of alkyl halides is 3. The van der Waals surface area contributed by atoms with Gasteiger partial charge in [-0.25, -0.2) is 8.42 Å². The lowest BCUT2D eigenvalue weighted by Gasteiger charge is -2.09. The summed E-state index contributed by atoms with van der Waals surface area (Å²) in [5.74, 6) is 0. The number of rotatable bonds is 3. The molecule has 0 radical (unpaired) electrons. The van der Waals surface area contributed by atoms with Gasteiger partial charge in [0.1, 0.15) is 4.21 Å². The van der Waals surface area contributed by atoms with Crippen molar-refractivity contribution >= 4 is 38.6 Å². The van der Waals surface area contributed by atoms with E-state index in [9.17, 15) is 21.6 Å². The molecule has 0 atom stereocenters. The zero-order chi connectivity index (χ0) is 15.0. The van der Waals surface area contributed by atoms with E-state index in [1.807, 2.05) is 4.72 Å². The Hall–Kier alpha value is -1.32. The minimum atomic E-state index is -4.60. The van der Waals surface area contributed by atoms with Crippen molar-refractivity contribution in [3.8, 4) is 0 Å². The molecular weight excluding hydrogens is 337 g/mol. The van der Waals surface area contributed by atoms with E-state index in [1.165, 1.54) is 12.1 Å². The Balaban J connectivity index is 2.31. The second-order valence-corrected chi connectivity index (χ2v) is 7.25. The Morgan fingerprint density at radius 2 is 1.95 bits per heavy atom. The van der Waals surface area contributed by atoms with E-state index in [2.05, 4.69) is 4.98 Å². The highest BCUT2D eigenvalue weighted by atomic mass is 35.5. The third-order valence-corrected chi connectivity index (χ3v) is 5.24. The molecule has 4 nitrogen and oxygen atoms in total. The summed E-state index contributed by atoms with van der Waals surface area (Å²) in [5, 5.41) is 0. The Kier molecular flexibility index (Phi) is 3.94. The number of nitrogens with one attached hydrogen (secondary N) is 1. The van der Waals surface area contributed by atoms with Gasteiger partial charge in [-0.05, 0) is 18.2 Å². The van der Waals surface area contributed by atoms with Crippen molar-refractivity contribution in [3.63, 3.8) is 0 Å². The first-order valence-corrected chi connectivity index (χ1v) is 7.67. The molecule has 0 aliphatic heterocycles. The van der Waals surface area contributed by atoms with E-state index < -0.39 is 21.8 Å². The predicted octanol–water partition coefficient (Wildman–Crippen LogP) is 3.62. The van der Waals surface area contributed by atoms with Crippen LogP contribution in [-0.2, 0) is 16.2 Å². The van der Waals surface area contributed by atoms with Gasteiger partial charge >= 0.3 is 6.18 Å². The summed E-state index contributed by atoms with van der Waals surface area (Å²) in [6, 6.07) is 3.31. The van der Waals surface area contributed by atoms with Gasteiger partial charge in [0, 0.05) is 6.20 Å². The molecule has 2 aromatic rings. The van der Waals surface area contributed by atoms with Gasteiger partial charge in [-0.2, -0.15) is 13.2 Å². The SMILES string of the molecule is O=S(=O)(Nc1cncc(C(F)(F)F)c1)c1ccc(Cl)s1. The van der Waals surface area contributed by atoms with Gasteiger partial charge in [0.15, 0.2) is 0 Å². The number of sulfonamides is 1. The van der Waals surface area contributed by atoms with Crippen LogP contribution in [0.5, 0.6) is 0 Å². The fourth-order valence-corrected chi connectivity index (χ4v) is 3.82. The number of hydrogen-bond donors (Lipinski definition) is 1. The molecule has 2 heterocycles. The Morgan fingerprint density at radius 1 is 1.25 bits per heavy atom. The van der Waals surface area contributed by atoms with Gasteiger partial charge in [-0.3, -0.25) is 9.71 Å². The van der Waals surface area contributed by atoms with Crippen molar-refractivity contribution in [3.05, 3.63) is 40.5 Å². The zero-order valence-corrected chi connectivity index (χ0v) is 11.9. The number of aromatic nitrogens is 1. The third-order valence-electron chi connectivity index (χ3n) is 2.13. The average molecular weight is 343 g/mol. The highest BCUT2D eigenvalue weighted by Crippen LogP contribution is 2.31. The van der Waals surface area contributed by atoms with Crippen molar-refractivity contribution < 1.29 is 21.6 Å². The minimum Gasteiger partial charge on any atom is -0.277 e. The van der Waals surface area contributed by atoms with Crippen LogP contribution in [0.15, 0.2) is 34.8 Å². The van der Waals surface area contributed by atoms with Crippen LogP contribution in [0.3, 0.4) is 0 Å². The second-order valence-electron chi connectivity index (χ2n) is 3.62. The highest BCUT2D eigenvalue weighted by molar-refractivity contribution is 7.94. The van der Waals surface area contributed by atoms with E-state index >= 15 is 0 Å². The van der Waals surface area contributed by atoms with E-state index in [4.69, 9.17) is 11.6 Å². The van der Waals surface area contributed by atoms with E-state index in [1.54, 1.807) is 0 Å². The molecule has 0 fully saturated rings. The molecule has 0 aromatic carbocycles. The molecule has 0 saturated heterocycles. The number of hydrogen-bond acceptors (Lipinski definition) is 4. The second kappa shape index (κ2) is 5.23. The lowest BCUT2D eigenvalue weighted by Crippen LogP contribution is -2.13. The third kappa shape index (κ3) is 3.41. The summed E-state index contributed by atoms with van der Waals surface area (Å²) in [7, 11) is -3.98. The molecule has 20 heavy (non-hydrogen) atoms. The lowest BCUT2D eigenvalue weighted by molar-refractivity contribution is -0.137. The van der Waals surface area contributed by atoms with Crippen molar-refractivity contribution in [1.82, 2.24) is 4.98 Å². The first-order chi connectivity index (χ1) is 9.18. The van der Waals surface area contributed by atoms with Crippen LogP contribution >= 0.6 is 22.9 Å². The monoisotopic (exact) mass is 342 g/mol. The molecule has 0 spiro atoms. The Bertz CT molecular complexity index is 728. The number of nitrogens with zero attached hydrogens (tertiary/aromatic N) is 1. The predicted molar refractivity (Wildman–Crippen MR) is 69.4 cm³/mol. The molecule has 108 valence electrons. The van der Waals surface area contributed by atoms with Crippen molar-refractivity contribution in [2.45, 2.75) is 10.4 Å². The number of halogens is 4. The number of anilines is 1. The molecule has 0 amide bonds.